The summed E-state index contributed by atoms with van der Waals surface area (Å²) < 4.78 is 5.19. The summed E-state index contributed by atoms with van der Waals surface area (Å²) in [5.41, 5.74) is 0.828. The number of nitrogens with zero attached hydrogens (tertiary/aromatic N) is 1. The quantitative estimate of drug-likeness (QED) is 0.620. The van der Waals surface area contributed by atoms with Crippen LogP contribution in [0, 0.1) is 0 Å². The molecule has 2 N–H and O–H groups in total. The zero-order valence-corrected chi connectivity index (χ0v) is 17.4. The Morgan fingerprint density at radius 3 is 2.40 bits per heavy atom. The lowest BCUT2D eigenvalue weighted by Gasteiger charge is -2.23. The van der Waals surface area contributed by atoms with Gasteiger partial charge in [0, 0.05) is 5.56 Å². The number of carbonyl (C=O) groups excluding carboxylic acids is 2. The van der Waals surface area contributed by atoms with E-state index in [-0.39, 0.29) is 11.9 Å². The van der Waals surface area contributed by atoms with Crippen LogP contribution < -0.4 is 15.0 Å². The molecule has 0 aliphatic carbocycles. The fourth-order valence-corrected chi connectivity index (χ4v) is 3.95. The maximum atomic E-state index is 13.3. The van der Waals surface area contributed by atoms with Gasteiger partial charge in [-0.15, -0.1) is 0 Å². The number of amides is 3. The van der Waals surface area contributed by atoms with E-state index >= 15 is 0 Å². The smallest absolute Gasteiger partial charge is 0.329 e. The molecule has 3 amide bonds. The van der Waals surface area contributed by atoms with E-state index < -0.39 is 5.54 Å². The Morgan fingerprint density at radius 2 is 1.70 bits per heavy atom. The highest BCUT2D eigenvalue weighted by atomic mass is 16.5. The van der Waals surface area contributed by atoms with Gasteiger partial charge in [-0.3, -0.25) is 4.79 Å². The van der Waals surface area contributed by atoms with E-state index in [0.29, 0.717) is 13.2 Å². The fourth-order valence-electron chi connectivity index (χ4n) is 3.95. The molecule has 3 aromatic carbocycles. The van der Waals surface area contributed by atoms with Gasteiger partial charge in [-0.2, -0.15) is 0 Å². The fraction of sp³-hybridized carbons (Fsp3) is 0.250. The third-order valence-corrected chi connectivity index (χ3v) is 5.69. The highest BCUT2D eigenvalue weighted by Crippen LogP contribution is 2.30. The van der Waals surface area contributed by atoms with Gasteiger partial charge in [0.15, 0.2) is 6.67 Å². The minimum Gasteiger partial charge on any atom is -0.497 e. The summed E-state index contributed by atoms with van der Waals surface area (Å²) in [7, 11) is 3.60. The van der Waals surface area contributed by atoms with Crippen LogP contribution in [0.1, 0.15) is 18.1 Å². The van der Waals surface area contributed by atoms with E-state index in [2.05, 4.69) is 5.32 Å². The van der Waals surface area contributed by atoms with Crippen LogP contribution in [-0.2, 0) is 16.9 Å². The average Bonchev–Trinajstić information content (AvgIpc) is 2.98. The van der Waals surface area contributed by atoms with Gasteiger partial charge < -0.3 is 15.0 Å². The minimum atomic E-state index is -1.07. The number of quaternary nitrogens is 1. The van der Waals surface area contributed by atoms with E-state index in [9.17, 15) is 9.59 Å². The van der Waals surface area contributed by atoms with Crippen LogP contribution in [0.4, 0.5) is 4.79 Å². The first kappa shape index (κ1) is 19.9. The Morgan fingerprint density at radius 1 is 1.00 bits per heavy atom. The van der Waals surface area contributed by atoms with Crippen molar-refractivity contribution in [2.45, 2.75) is 19.0 Å². The van der Waals surface area contributed by atoms with E-state index in [1.807, 2.05) is 73.8 Å². The number of carbonyl (C=O) groups is 2. The molecule has 0 bridgehead atoms. The van der Waals surface area contributed by atoms with Crippen LogP contribution in [0.5, 0.6) is 5.75 Å². The SMILES string of the molecule is COc1ccc(C[NH+](C)CN2C(=O)N[C@@](C)(c3ccc4ccccc4c3)C2=O)cc1. The Bertz CT molecular complexity index is 1100. The molecule has 0 aromatic heterocycles. The largest absolute Gasteiger partial charge is 0.497 e. The maximum Gasteiger partial charge on any atom is 0.329 e. The van der Waals surface area contributed by atoms with Gasteiger partial charge in [0.05, 0.1) is 14.2 Å². The predicted molar refractivity (Wildman–Crippen MR) is 115 cm³/mol. The van der Waals surface area contributed by atoms with E-state index in [0.717, 1.165) is 32.5 Å². The number of ether oxygens (including phenoxy) is 1. The summed E-state index contributed by atoms with van der Waals surface area (Å²) in [4.78, 5) is 28.3. The van der Waals surface area contributed by atoms with Gasteiger partial charge in [0.25, 0.3) is 5.91 Å². The summed E-state index contributed by atoms with van der Waals surface area (Å²) in [6.45, 7) is 2.75. The number of urea groups is 1. The second-order valence-electron chi connectivity index (χ2n) is 7.99. The molecule has 1 fully saturated rings. The molecule has 1 aliphatic rings. The standard InChI is InChI=1S/C24H25N3O3/c1-24(20-11-10-18-6-4-5-7-19(18)14-20)22(28)27(23(29)25-24)16-26(2)15-17-8-12-21(30-3)13-9-17/h4-14H,15-16H2,1-3H3,(H,25,29)/p+1/t24-/m0/s1. The second-order valence-corrected chi connectivity index (χ2v) is 7.99. The molecule has 1 aliphatic heterocycles. The Labute approximate surface area is 176 Å². The van der Waals surface area contributed by atoms with Crippen molar-refractivity contribution >= 4 is 22.7 Å². The Hall–Kier alpha value is -3.38. The number of fused-ring (bicyclic) bond motifs is 1. The predicted octanol–water partition coefficient (Wildman–Crippen LogP) is 2.29. The molecule has 0 spiro atoms. The topological polar surface area (TPSA) is 63.1 Å². The first-order chi connectivity index (χ1) is 14.4. The number of methoxy groups -OCH3 is 1. The molecule has 6 heteroatoms. The van der Waals surface area contributed by atoms with Gasteiger partial charge in [-0.25, -0.2) is 9.69 Å². The third-order valence-electron chi connectivity index (χ3n) is 5.69. The molecule has 1 heterocycles. The molecule has 3 aromatic rings. The molecule has 6 nitrogen and oxygen atoms in total. The molecule has 0 radical (unpaired) electrons. The number of hydrogen-bond donors (Lipinski definition) is 2. The first-order valence-electron chi connectivity index (χ1n) is 9.98. The number of rotatable bonds is 6. The van der Waals surface area contributed by atoms with Crippen molar-refractivity contribution in [1.29, 1.82) is 0 Å². The number of nitrogens with one attached hydrogen (secondary N) is 2. The highest BCUT2D eigenvalue weighted by Gasteiger charge is 2.50. The minimum absolute atomic E-state index is 0.225. The lowest BCUT2D eigenvalue weighted by molar-refractivity contribution is -0.901. The van der Waals surface area contributed by atoms with Crippen LogP contribution in [0.3, 0.4) is 0 Å². The molecule has 4 rings (SSSR count). The van der Waals surface area contributed by atoms with Gasteiger partial charge in [0.2, 0.25) is 0 Å². The lowest BCUT2D eigenvalue weighted by atomic mass is 9.90. The second kappa shape index (κ2) is 7.80. The van der Waals surface area contributed by atoms with Crippen molar-refractivity contribution in [2.75, 3.05) is 20.8 Å². The molecular weight excluding hydrogens is 378 g/mol. The van der Waals surface area contributed by atoms with Gasteiger partial charge >= 0.3 is 6.03 Å². The molecule has 1 unspecified atom stereocenters. The van der Waals surface area contributed by atoms with Crippen LogP contribution in [0.2, 0.25) is 0 Å². The summed E-state index contributed by atoms with van der Waals surface area (Å²) in [6.07, 6.45) is 0. The van der Waals surface area contributed by atoms with Crippen LogP contribution >= 0.6 is 0 Å². The molecular formula is C24H26N3O3+. The van der Waals surface area contributed by atoms with Crippen molar-refractivity contribution < 1.29 is 19.2 Å². The average molecular weight is 404 g/mol. The van der Waals surface area contributed by atoms with Crippen LogP contribution in [0.25, 0.3) is 10.8 Å². The normalized spacial score (nSPS) is 19.8. The maximum absolute atomic E-state index is 13.3. The van der Waals surface area contributed by atoms with Crippen molar-refractivity contribution in [3.63, 3.8) is 0 Å². The monoisotopic (exact) mass is 404 g/mol. The molecule has 2 atom stereocenters. The number of hydrogen-bond acceptors (Lipinski definition) is 3. The zero-order valence-electron chi connectivity index (χ0n) is 17.4. The van der Waals surface area contributed by atoms with E-state index in [1.165, 1.54) is 4.90 Å². The zero-order chi connectivity index (χ0) is 21.3. The van der Waals surface area contributed by atoms with Crippen molar-refractivity contribution in [2.24, 2.45) is 0 Å². The van der Waals surface area contributed by atoms with Crippen molar-refractivity contribution in [3.05, 3.63) is 77.9 Å². The molecule has 30 heavy (non-hydrogen) atoms. The third kappa shape index (κ3) is 3.62. The van der Waals surface area contributed by atoms with Crippen LogP contribution in [-0.4, -0.2) is 37.7 Å². The van der Waals surface area contributed by atoms with Gasteiger partial charge in [-0.05, 0) is 53.6 Å². The van der Waals surface area contributed by atoms with Crippen molar-refractivity contribution in [3.8, 4) is 5.75 Å². The van der Waals surface area contributed by atoms with E-state index in [4.69, 9.17) is 4.74 Å². The number of benzene rings is 3. The van der Waals surface area contributed by atoms with Crippen molar-refractivity contribution in [1.82, 2.24) is 10.2 Å². The van der Waals surface area contributed by atoms with E-state index in [1.54, 1.807) is 14.0 Å². The summed E-state index contributed by atoms with van der Waals surface area (Å²) in [5, 5.41) is 5.04. The summed E-state index contributed by atoms with van der Waals surface area (Å²) in [6, 6.07) is 21.3. The Balaban J connectivity index is 1.50. The van der Waals surface area contributed by atoms with Crippen LogP contribution in [0.15, 0.2) is 66.7 Å². The summed E-state index contributed by atoms with van der Waals surface area (Å²) >= 11 is 0. The molecule has 0 saturated carbocycles. The van der Waals surface area contributed by atoms with Gasteiger partial charge in [0.1, 0.15) is 17.8 Å². The number of imide groups is 1. The Kier molecular flexibility index (Phi) is 5.18. The van der Waals surface area contributed by atoms with Gasteiger partial charge in [-0.1, -0.05) is 36.4 Å². The first-order valence-corrected chi connectivity index (χ1v) is 9.98. The highest BCUT2D eigenvalue weighted by molar-refractivity contribution is 6.07. The summed E-state index contributed by atoms with van der Waals surface area (Å²) in [5.74, 6) is 0.577. The molecule has 1 saturated heterocycles. The molecule has 154 valence electrons. The lowest BCUT2D eigenvalue weighted by Crippen LogP contribution is -3.09.